The maximum atomic E-state index is 12.3. The van der Waals surface area contributed by atoms with Crippen LogP contribution in [0.4, 0.5) is 0 Å². The van der Waals surface area contributed by atoms with Crippen molar-refractivity contribution in [2.45, 2.75) is 31.9 Å². The van der Waals surface area contributed by atoms with Gasteiger partial charge < -0.3 is 18.9 Å². The third kappa shape index (κ3) is 7.17. The quantitative estimate of drug-likeness (QED) is 0.126. The van der Waals surface area contributed by atoms with E-state index in [1.165, 1.54) is 23.8 Å². The van der Waals surface area contributed by atoms with Crippen LogP contribution in [0.1, 0.15) is 57.2 Å². The van der Waals surface area contributed by atoms with Gasteiger partial charge in [-0.3, -0.25) is 4.90 Å². The minimum Gasteiger partial charge on any atom is -0.493 e. The summed E-state index contributed by atoms with van der Waals surface area (Å²) < 4.78 is 22.1. The lowest BCUT2D eigenvalue weighted by Crippen LogP contribution is -2.36. The van der Waals surface area contributed by atoms with Crippen molar-refractivity contribution in [3.05, 3.63) is 119 Å². The van der Waals surface area contributed by atoms with Crippen molar-refractivity contribution in [2.75, 3.05) is 34.4 Å². The zero-order chi connectivity index (χ0) is 30.0. The predicted octanol–water partition coefficient (Wildman–Crippen LogP) is 6.24. The average Bonchev–Trinajstić information content (AvgIpc) is 3.06. The molecule has 0 N–H and O–H groups in total. The zero-order valence-corrected chi connectivity index (χ0v) is 24.8. The number of pyridine rings is 1. The van der Waals surface area contributed by atoms with Gasteiger partial charge in [0.05, 0.1) is 27.4 Å². The van der Waals surface area contributed by atoms with Crippen molar-refractivity contribution in [2.24, 2.45) is 0 Å². The first-order valence-corrected chi connectivity index (χ1v) is 14.4. The highest BCUT2D eigenvalue weighted by Gasteiger charge is 2.30. The van der Waals surface area contributed by atoms with Crippen LogP contribution in [-0.4, -0.2) is 50.3 Å². The Kier molecular flexibility index (Phi) is 9.94. The first-order valence-electron chi connectivity index (χ1n) is 14.4. The normalized spacial score (nSPS) is 14.2. The second kappa shape index (κ2) is 14.4. The van der Waals surface area contributed by atoms with Crippen LogP contribution in [0.3, 0.4) is 0 Å². The summed E-state index contributed by atoms with van der Waals surface area (Å²) in [7, 11) is 4.68. The molecule has 0 aliphatic carbocycles. The van der Waals surface area contributed by atoms with Crippen molar-refractivity contribution >= 4 is 5.97 Å². The summed E-state index contributed by atoms with van der Waals surface area (Å²) in [6, 6.07) is 26.5. The Balaban J connectivity index is 1.28. The molecule has 3 aromatic carbocycles. The average molecular weight is 577 g/mol. The summed E-state index contributed by atoms with van der Waals surface area (Å²) in [5.41, 5.74) is 5.60. The van der Waals surface area contributed by atoms with Gasteiger partial charge in [-0.15, -0.1) is 0 Å². The number of fused-ring (bicyclic) bond motifs is 1. The molecule has 0 spiro atoms. The number of unbranched alkanes of at least 4 members (excludes halogenated alkanes) is 1. The SMILES string of the molecule is COC(=O)c1ncc(C#CCCCN2CCc3cc(OC)c(OC)cc3C2c2ccccc2)cc1OCc1ccccc1. The second-order valence-electron chi connectivity index (χ2n) is 10.2. The minimum absolute atomic E-state index is 0.122. The number of carbonyl (C=O) groups excluding carboxylic acids is 1. The Morgan fingerprint density at radius 2 is 1.65 bits per heavy atom. The van der Waals surface area contributed by atoms with Crippen LogP contribution < -0.4 is 14.2 Å². The Labute approximate surface area is 253 Å². The highest BCUT2D eigenvalue weighted by Crippen LogP contribution is 2.41. The van der Waals surface area contributed by atoms with Gasteiger partial charge in [0.2, 0.25) is 0 Å². The molecule has 1 aromatic heterocycles. The molecule has 0 amide bonds. The standard InChI is InChI=1S/C36H36N2O5/c1-40-31-22-29-18-20-38(35(28-16-10-5-11-17-28)30(29)23-32(31)41-2)19-12-6-9-15-27-21-33(34(37-24-27)36(39)42-3)43-25-26-13-7-4-8-14-26/h4-5,7-8,10-11,13-14,16-17,21-24,35H,6,12,18-20,25H2,1-3H3. The summed E-state index contributed by atoms with van der Waals surface area (Å²) in [4.78, 5) is 19.1. The Morgan fingerprint density at radius 1 is 0.930 bits per heavy atom. The lowest BCUT2D eigenvalue weighted by atomic mass is 9.87. The van der Waals surface area contributed by atoms with E-state index in [9.17, 15) is 4.79 Å². The largest absolute Gasteiger partial charge is 0.493 e. The number of aromatic nitrogens is 1. The topological polar surface area (TPSA) is 70.1 Å². The fraction of sp³-hybridized carbons (Fsp3) is 0.278. The van der Waals surface area contributed by atoms with Crippen LogP contribution in [0.2, 0.25) is 0 Å². The van der Waals surface area contributed by atoms with Gasteiger partial charge in [0.15, 0.2) is 22.9 Å². The van der Waals surface area contributed by atoms with Crippen LogP contribution in [0.25, 0.3) is 0 Å². The first kappa shape index (κ1) is 29.7. The fourth-order valence-corrected chi connectivity index (χ4v) is 5.41. The third-order valence-electron chi connectivity index (χ3n) is 7.54. The monoisotopic (exact) mass is 576 g/mol. The number of rotatable bonds is 10. The van der Waals surface area contributed by atoms with E-state index >= 15 is 0 Å². The van der Waals surface area contributed by atoms with Gasteiger partial charge >= 0.3 is 5.97 Å². The minimum atomic E-state index is -0.547. The Bertz CT molecular complexity index is 1590. The van der Waals surface area contributed by atoms with E-state index in [2.05, 4.69) is 58.1 Å². The molecule has 0 bridgehead atoms. The molecule has 0 saturated carbocycles. The molecule has 1 unspecified atom stereocenters. The lowest BCUT2D eigenvalue weighted by molar-refractivity contribution is 0.0588. The van der Waals surface area contributed by atoms with E-state index in [0.29, 0.717) is 17.9 Å². The van der Waals surface area contributed by atoms with E-state index in [1.54, 1.807) is 26.5 Å². The molecule has 2 heterocycles. The van der Waals surface area contributed by atoms with Crippen LogP contribution >= 0.6 is 0 Å². The van der Waals surface area contributed by atoms with Gasteiger partial charge in [-0.1, -0.05) is 72.5 Å². The molecule has 7 nitrogen and oxygen atoms in total. The predicted molar refractivity (Wildman–Crippen MR) is 166 cm³/mol. The fourth-order valence-electron chi connectivity index (χ4n) is 5.41. The van der Waals surface area contributed by atoms with Gasteiger partial charge in [0.1, 0.15) is 6.61 Å². The number of hydrogen-bond acceptors (Lipinski definition) is 7. The number of benzene rings is 3. The molecule has 0 radical (unpaired) electrons. The van der Waals surface area contributed by atoms with Crippen molar-refractivity contribution < 1.29 is 23.7 Å². The zero-order valence-electron chi connectivity index (χ0n) is 24.8. The summed E-state index contributed by atoms with van der Waals surface area (Å²) in [6.07, 6.45) is 4.15. The van der Waals surface area contributed by atoms with Crippen LogP contribution in [0, 0.1) is 11.8 Å². The highest BCUT2D eigenvalue weighted by atomic mass is 16.5. The molecular weight excluding hydrogens is 540 g/mol. The van der Waals surface area contributed by atoms with Gasteiger partial charge in [-0.25, -0.2) is 9.78 Å². The highest BCUT2D eigenvalue weighted by molar-refractivity contribution is 5.90. The molecule has 43 heavy (non-hydrogen) atoms. The van der Waals surface area contributed by atoms with Crippen molar-refractivity contribution in [1.82, 2.24) is 9.88 Å². The third-order valence-corrected chi connectivity index (χ3v) is 7.54. The summed E-state index contributed by atoms with van der Waals surface area (Å²) >= 11 is 0. The second-order valence-corrected chi connectivity index (χ2v) is 10.2. The van der Waals surface area contributed by atoms with E-state index in [0.717, 1.165) is 49.4 Å². The molecular formula is C36H36N2O5. The van der Waals surface area contributed by atoms with Crippen molar-refractivity contribution in [3.63, 3.8) is 0 Å². The first-order chi connectivity index (χ1) is 21.1. The Morgan fingerprint density at radius 3 is 2.37 bits per heavy atom. The maximum Gasteiger partial charge on any atom is 0.360 e. The number of methoxy groups -OCH3 is 3. The van der Waals surface area contributed by atoms with E-state index in [1.807, 2.05) is 36.4 Å². The molecule has 4 aromatic rings. The molecule has 1 aliphatic heterocycles. The molecule has 1 atom stereocenters. The summed E-state index contributed by atoms with van der Waals surface area (Å²) in [6.45, 7) is 2.15. The number of carbonyl (C=O) groups is 1. The Hall–Kier alpha value is -4.80. The molecule has 0 fully saturated rings. The van der Waals surface area contributed by atoms with Gasteiger partial charge in [-0.2, -0.15) is 0 Å². The maximum absolute atomic E-state index is 12.3. The van der Waals surface area contributed by atoms with Crippen LogP contribution in [-0.2, 0) is 17.8 Å². The van der Waals surface area contributed by atoms with Crippen molar-refractivity contribution in [3.8, 4) is 29.1 Å². The summed E-state index contributed by atoms with van der Waals surface area (Å²) in [5.74, 6) is 7.80. The van der Waals surface area contributed by atoms with E-state index < -0.39 is 5.97 Å². The number of esters is 1. The van der Waals surface area contributed by atoms with Crippen molar-refractivity contribution in [1.29, 1.82) is 0 Å². The smallest absolute Gasteiger partial charge is 0.360 e. The van der Waals surface area contributed by atoms with Gasteiger partial charge in [-0.05, 0) is 59.8 Å². The number of hydrogen-bond donors (Lipinski definition) is 0. The number of ether oxygens (including phenoxy) is 4. The molecule has 1 aliphatic rings. The van der Waals surface area contributed by atoms with Gasteiger partial charge in [0, 0.05) is 24.7 Å². The lowest BCUT2D eigenvalue weighted by Gasteiger charge is -2.38. The van der Waals surface area contributed by atoms with Gasteiger partial charge in [0.25, 0.3) is 0 Å². The summed E-state index contributed by atoms with van der Waals surface area (Å²) in [5, 5.41) is 0. The molecule has 5 rings (SSSR count). The number of nitrogens with zero attached hydrogens (tertiary/aromatic N) is 2. The molecule has 0 saturated heterocycles. The van der Waals surface area contributed by atoms with Crippen LogP contribution in [0.15, 0.2) is 85.1 Å². The van der Waals surface area contributed by atoms with E-state index in [4.69, 9.17) is 18.9 Å². The molecule has 7 heteroatoms. The van der Waals surface area contributed by atoms with Crippen LogP contribution in [0.5, 0.6) is 17.2 Å². The molecule has 220 valence electrons. The van der Waals surface area contributed by atoms with E-state index in [-0.39, 0.29) is 11.7 Å².